The summed E-state index contributed by atoms with van der Waals surface area (Å²) in [7, 11) is 1.73. The number of piperazine rings is 1. The Balaban J connectivity index is 1.56. The smallest absolute Gasteiger partial charge is 0.217 e. The van der Waals surface area contributed by atoms with Crippen molar-refractivity contribution in [2.75, 3.05) is 44.8 Å². The fraction of sp³-hybridized carbons (Fsp3) is 0.792. The van der Waals surface area contributed by atoms with Gasteiger partial charge in [-0.2, -0.15) is 0 Å². The Morgan fingerprint density at radius 1 is 1.26 bits per heavy atom. The largest absolute Gasteiger partial charge is 0.384 e. The Bertz CT molecular complexity index is 742. The van der Waals surface area contributed by atoms with E-state index < -0.39 is 0 Å². The van der Waals surface area contributed by atoms with Crippen molar-refractivity contribution in [1.82, 2.24) is 20.2 Å². The molecule has 1 amide bonds. The van der Waals surface area contributed by atoms with Crippen molar-refractivity contribution >= 4 is 11.7 Å². The van der Waals surface area contributed by atoms with E-state index in [0.717, 1.165) is 68.7 Å². The molecule has 0 unspecified atom stereocenters. The Morgan fingerprint density at radius 2 is 2.00 bits per heavy atom. The van der Waals surface area contributed by atoms with Crippen LogP contribution in [0.4, 0.5) is 5.82 Å². The molecule has 1 aromatic heterocycles. The van der Waals surface area contributed by atoms with Crippen LogP contribution in [0, 0.1) is 5.92 Å². The minimum Gasteiger partial charge on any atom is -0.384 e. The van der Waals surface area contributed by atoms with Gasteiger partial charge in [0, 0.05) is 69.3 Å². The maximum atomic E-state index is 11.2. The summed E-state index contributed by atoms with van der Waals surface area (Å²) in [5.41, 5.74) is 0.978. The highest BCUT2D eigenvalue weighted by molar-refractivity contribution is 5.73. The van der Waals surface area contributed by atoms with Crippen molar-refractivity contribution in [3.8, 4) is 0 Å². The van der Waals surface area contributed by atoms with Gasteiger partial charge in [-0.3, -0.25) is 9.69 Å². The van der Waals surface area contributed by atoms with E-state index in [9.17, 15) is 4.79 Å². The molecule has 1 atom stereocenters. The third kappa shape index (κ3) is 6.62. The average Bonchev–Trinajstić information content (AvgIpc) is 2.67. The number of ether oxygens (including phenoxy) is 1. The zero-order valence-corrected chi connectivity index (χ0v) is 20.3. The zero-order chi connectivity index (χ0) is 22.6. The molecular formula is C24H41N5O2. The molecule has 0 radical (unpaired) electrons. The zero-order valence-electron chi connectivity index (χ0n) is 20.3. The van der Waals surface area contributed by atoms with Gasteiger partial charge in [0.05, 0.1) is 6.61 Å². The summed E-state index contributed by atoms with van der Waals surface area (Å²) in [5, 5.41) is 3.03. The standard InChI is InChI=1S/C24H41N5O2/c1-17-16-28(9-7-19-13-21(14-19)25-18(2)30)10-11-29(17)22-15-20(8-12-31-6)26-23(27-22)24(3,4)5/h15,17,19,21H,7-14,16H2,1-6H3,(H,25,30)/t17-,19-,21-/m0/s1. The van der Waals surface area contributed by atoms with E-state index in [1.54, 1.807) is 14.0 Å². The molecule has 7 heteroatoms. The van der Waals surface area contributed by atoms with Crippen molar-refractivity contribution < 1.29 is 9.53 Å². The lowest BCUT2D eigenvalue weighted by Gasteiger charge is -2.42. The number of anilines is 1. The second kappa shape index (κ2) is 10.3. The summed E-state index contributed by atoms with van der Waals surface area (Å²) in [6, 6.07) is 2.97. The van der Waals surface area contributed by atoms with Crippen LogP contribution in [0.3, 0.4) is 0 Å². The van der Waals surface area contributed by atoms with Crippen LogP contribution in [-0.4, -0.2) is 72.8 Å². The van der Waals surface area contributed by atoms with Gasteiger partial charge in [-0.15, -0.1) is 0 Å². The van der Waals surface area contributed by atoms with Crippen molar-refractivity contribution in [1.29, 1.82) is 0 Å². The lowest BCUT2D eigenvalue weighted by Crippen LogP contribution is -2.53. The van der Waals surface area contributed by atoms with Crippen LogP contribution in [0.2, 0.25) is 0 Å². The SMILES string of the molecule is COCCc1cc(N2CCN(CC[C@H]3C[C@H](NC(C)=O)C3)C[C@@H]2C)nc(C(C)(C)C)n1. The van der Waals surface area contributed by atoms with Gasteiger partial charge in [0.1, 0.15) is 11.6 Å². The van der Waals surface area contributed by atoms with Crippen LogP contribution in [0.1, 0.15) is 65.4 Å². The lowest BCUT2D eigenvalue weighted by molar-refractivity contribution is -0.120. The number of carbonyl (C=O) groups is 1. The monoisotopic (exact) mass is 431 g/mol. The number of nitrogens with one attached hydrogen (secondary N) is 1. The number of nitrogens with zero attached hydrogens (tertiary/aromatic N) is 4. The van der Waals surface area contributed by atoms with E-state index in [1.165, 1.54) is 6.42 Å². The summed E-state index contributed by atoms with van der Waals surface area (Å²) >= 11 is 0. The first-order valence-corrected chi connectivity index (χ1v) is 11.8. The maximum absolute atomic E-state index is 11.2. The van der Waals surface area contributed by atoms with Crippen molar-refractivity contribution in [3.63, 3.8) is 0 Å². The number of methoxy groups -OCH3 is 1. The van der Waals surface area contributed by atoms with E-state index in [1.807, 2.05) is 0 Å². The molecule has 1 saturated heterocycles. The number of hydrogen-bond donors (Lipinski definition) is 1. The molecule has 174 valence electrons. The molecule has 31 heavy (non-hydrogen) atoms. The van der Waals surface area contributed by atoms with Gasteiger partial charge in [-0.05, 0) is 38.6 Å². The number of aromatic nitrogens is 2. The molecule has 1 saturated carbocycles. The topological polar surface area (TPSA) is 70.6 Å². The molecule has 1 aliphatic heterocycles. The number of amides is 1. The molecule has 1 aliphatic carbocycles. The van der Waals surface area contributed by atoms with Gasteiger partial charge in [-0.1, -0.05) is 20.8 Å². The quantitative estimate of drug-likeness (QED) is 0.683. The highest BCUT2D eigenvalue weighted by Crippen LogP contribution is 2.31. The van der Waals surface area contributed by atoms with Crippen LogP contribution in [-0.2, 0) is 21.4 Å². The molecule has 2 aliphatic rings. The molecule has 1 N–H and O–H groups in total. The predicted molar refractivity (Wildman–Crippen MR) is 125 cm³/mol. The first-order chi connectivity index (χ1) is 14.7. The number of hydrogen-bond acceptors (Lipinski definition) is 6. The first-order valence-electron chi connectivity index (χ1n) is 11.8. The van der Waals surface area contributed by atoms with Gasteiger partial charge in [-0.25, -0.2) is 9.97 Å². The van der Waals surface area contributed by atoms with Gasteiger partial charge < -0.3 is 15.0 Å². The minimum absolute atomic E-state index is 0.0826. The van der Waals surface area contributed by atoms with Crippen LogP contribution < -0.4 is 10.2 Å². The fourth-order valence-corrected chi connectivity index (χ4v) is 4.62. The number of carbonyl (C=O) groups excluding carboxylic acids is 1. The second-order valence-corrected chi connectivity index (χ2v) is 10.4. The Hall–Kier alpha value is -1.73. The molecule has 0 aromatic carbocycles. The van der Waals surface area contributed by atoms with E-state index in [0.29, 0.717) is 18.7 Å². The summed E-state index contributed by atoms with van der Waals surface area (Å²) in [4.78, 5) is 26.0. The van der Waals surface area contributed by atoms with Crippen molar-refractivity contribution in [2.45, 2.75) is 77.8 Å². The third-order valence-electron chi connectivity index (χ3n) is 6.50. The molecular weight excluding hydrogens is 390 g/mol. The third-order valence-corrected chi connectivity index (χ3v) is 6.50. The molecule has 2 fully saturated rings. The van der Waals surface area contributed by atoms with Gasteiger partial charge in [0.2, 0.25) is 5.91 Å². The molecule has 0 spiro atoms. The predicted octanol–water partition coefficient (Wildman–Crippen LogP) is 2.78. The lowest BCUT2D eigenvalue weighted by atomic mass is 9.78. The average molecular weight is 432 g/mol. The van der Waals surface area contributed by atoms with Crippen molar-refractivity contribution in [3.05, 3.63) is 17.6 Å². The maximum Gasteiger partial charge on any atom is 0.217 e. The Labute approximate surface area is 188 Å². The molecule has 1 aromatic rings. The van der Waals surface area contributed by atoms with E-state index in [-0.39, 0.29) is 11.3 Å². The highest BCUT2D eigenvalue weighted by Gasteiger charge is 2.31. The van der Waals surface area contributed by atoms with E-state index in [4.69, 9.17) is 14.7 Å². The molecule has 7 nitrogen and oxygen atoms in total. The normalized spacial score (nSPS) is 24.7. The first kappa shape index (κ1) is 23.9. The van der Waals surface area contributed by atoms with Crippen LogP contribution in [0.15, 0.2) is 6.07 Å². The van der Waals surface area contributed by atoms with Crippen molar-refractivity contribution in [2.24, 2.45) is 5.92 Å². The van der Waals surface area contributed by atoms with Crippen LogP contribution >= 0.6 is 0 Å². The van der Waals surface area contributed by atoms with Gasteiger partial charge in [0.25, 0.3) is 0 Å². The second-order valence-electron chi connectivity index (χ2n) is 10.4. The van der Waals surface area contributed by atoms with Gasteiger partial charge in [0.15, 0.2) is 0 Å². The fourth-order valence-electron chi connectivity index (χ4n) is 4.62. The summed E-state index contributed by atoms with van der Waals surface area (Å²) in [6.45, 7) is 15.4. The summed E-state index contributed by atoms with van der Waals surface area (Å²) in [6.07, 6.45) is 4.31. The Kier molecular flexibility index (Phi) is 7.92. The molecule has 2 heterocycles. The van der Waals surface area contributed by atoms with Crippen LogP contribution in [0.25, 0.3) is 0 Å². The minimum atomic E-state index is -0.0826. The molecule has 0 bridgehead atoms. The van der Waals surface area contributed by atoms with E-state index >= 15 is 0 Å². The van der Waals surface area contributed by atoms with E-state index in [2.05, 4.69) is 48.9 Å². The van der Waals surface area contributed by atoms with Gasteiger partial charge >= 0.3 is 0 Å². The number of rotatable bonds is 8. The Morgan fingerprint density at radius 3 is 2.61 bits per heavy atom. The molecule has 3 rings (SSSR count). The highest BCUT2D eigenvalue weighted by atomic mass is 16.5. The summed E-state index contributed by atoms with van der Waals surface area (Å²) < 4.78 is 5.28. The van der Waals surface area contributed by atoms with Crippen LogP contribution in [0.5, 0.6) is 0 Å². The summed E-state index contributed by atoms with van der Waals surface area (Å²) in [5.74, 6) is 2.81.